The van der Waals surface area contributed by atoms with Crippen LogP contribution in [0, 0.1) is 18.6 Å². The lowest BCUT2D eigenvalue weighted by Gasteiger charge is -2.11. The zero-order chi connectivity index (χ0) is 22.7. The number of hydrogen-bond donors (Lipinski definition) is 1. The second-order valence-electron chi connectivity index (χ2n) is 6.93. The number of halogens is 2. The Bertz CT molecular complexity index is 1340. The Balaban J connectivity index is 1.46. The third-order valence-electron chi connectivity index (χ3n) is 4.37. The molecule has 4 aromatic rings. The molecule has 0 fully saturated rings. The molecule has 0 unspecified atom stereocenters. The van der Waals surface area contributed by atoms with Crippen LogP contribution in [0.2, 0.25) is 0 Å². The number of benzene rings is 2. The summed E-state index contributed by atoms with van der Waals surface area (Å²) in [5.74, 6) is -0.265. The van der Waals surface area contributed by atoms with E-state index in [1.165, 1.54) is 12.1 Å². The highest BCUT2D eigenvalue weighted by Gasteiger charge is 2.16. The number of anilines is 1. The summed E-state index contributed by atoms with van der Waals surface area (Å²) in [6, 6.07) is 14.2. The molecule has 10 heteroatoms. The highest BCUT2D eigenvalue weighted by atomic mass is 32.2. The van der Waals surface area contributed by atoms with E-state index < -0.39 is 27.4 Å². The van der Waals surface area contributed by atoms with E-state index in [1.807, 2.05) is 29.1 Å². The Morgan fingerprint density at radius 1 is 1.00 bits per heavy atom. The van der Waals surface area contributed by atoms with Gasteiger partial charge in [-0.3, -0.25) is 4.72 Å². The minimum Gasteiger partial charge on any atom is -0.439 e. The summed E-state index contributed by atoms with van der Waals surface area (Å²) in [7, 11) is -3.96. The molecule has 0 spiro atoms. The molecule has 0 saturated carbocycles. The van der Waals surface area contributed by atoms with Gasteiger partial charge in [0.05, 0.1) is 5.75 Å². The molecule has 4 rings (SSSR count). The average molecular weight is 456 g/mol. The van der Waals surface area contributed by atoms with Gasteiger partial charge in [-0.25, -0.2) is 22.2 Å². The van der Waals surface area contributed by atoms with Gasteiger partial charge in [0, 0.05) is 29.7 Å². The summed E-state index contributed by atoms with van der Waals surface area (Å²) < 4.78 is 61.7. The lowest BCUT2D eigenvalue weighted by molar-refractivity contribution is 0.459. The van der Waals surface area contributed by atoms with E-state index in [1.54, 1.807) is 25.1 Å². The van der Waals surface area contributed by atoms with Gasteiger partial charge in [-0.05, 0) is 61.5 Å². The second-order valence-corrected chi connectivity index (χ2v) is 8.65. The number of ether oxygens (including phenoxy) is 1. The van der Waals surface area contributed by atoms with Crippen molar-refractivity contribution in [3.05, 3.63) is 96.1 Å². The molecular formula is C22H18F2N4O3S. The van der Waals surface area contributed by atoms with Gasteiger partial charge in [-0.15, -0.1) is 0 Å². The SMILES string of the molecule is Cc1nc(Oc2ccc(NS(=O)(=O)Cc3cc(F)ccc3F)cc2)cc(-n2cccc2)n1. The van der Waals surface area contributed by atoms with Crippen LogP contribution in [0.1, 0.15) is 11.4 Å². The Labute approximate surface area is 183 Å². The highest BCUT2D eigenvalue weighted by molar-refractivity contribution is 7.91. The maximum Gasteiger partial charge on any atom is 0.237 e. The van der Waals surface area contributed by atoms with E-state index in [-0.39, 0.29) is 11.3 Å². The zero-order valence-corrected chi connectivity index (χ0v) is 17.7. The number of nitrogens with one attached hydrogen (secondary N) is 1. The molecule has 2 aromatic carbocycles. The van der Waals surface area contributed by atoms with Crippen LogP contribution in [0.25, 0.3) is 5.82 Å². The van der Waals surface area contributed by atoms with Gasteiger partial charge in [0.15, 0.2) is 0 Å². The van der Waals surface area contributed by atoms with Gasteiger partial charge < -0.3 is 9.30 Å². The van der Waals surface area contributed by atoms with Crippen molar-refractivity contribution in [1.82, 2.24) is 14.5 Å². The summed E-state index contributed by atoms with van der Waals surface area (Å²) >= 11 is 0. The molecule has 0 aliphatic carbocycles. The third kappa shape index (κ3) is 5.27. The normalized spacial score (nSPS) is 11.3. The first-order chi connectivity index (χ1) is 15.3. The molecule has 2 aromatic heterocycles. The number of hydrogen-bond acceptors (Lipinski definition) is 5. The fourth-order valence-corrected chi connectivity index (χ4v) is 4.18. The molecule has 0 aliphatic heterocycles. The van der Waals surface area contributed by atoms with Crippen molar-refractivity contribution in [2.75, 3.05) is 4.72 Å². The summed E-state index contributed by atoms with van der Waals surface area (Å²) in [6.07, 6.45) is 3.70. The molecule has 1 N–H and O–H groups in total. The highest BCUT2D eigenvalue weighted by Crippen LogP contribution is 2.24. The Morgan fingerprint density at radius 2 is 1.72 bits per heavy atom. The molecule has 0 saturated heterocycles. The van der Waals surface area contributed by atoms with Crippen LogP contribution in [-0.4, -0.2) is 23.0 Å². The van der Waals surface area contributed by atoms with Crippen molar-refractivity contribution in [2.24, 2.45) is 0 Å². The van der Waals surface area contributed by atoms with Crippen LogP contribution in [0.4, 0.5) is 14.5 Å². The fourth-order valence-electron chi connectivity index (χ4n) is 2.98. The molecule has 32 heavy (non-hydrogen) atoms. The largest absolute Gasteiger partial charge is 0.439 e. The van der Waals surface area contributed by atoms with E-state index in [9.17, 15) is 17.2 Å². The lowest BCUT2D eigenvalue weighted by Crippen LogP contribution is -2.16. The van der Waals surface area contributed by atoms with E-state index in [0.717, 1.165) is 18.2 Å². The van der Waals surface area contributed by atoms with Crippen molar-refractivity contribution in [2.45, 2.75) is 12.7 Å². The molecule has 0 atom stereocenters. The van der Waals surface area contributed by atoms with Crippen molar-refractivity contribution >= 4 is 15.7 Å². The number of sulfonamides is 1. The van der Waals surface area contributed by atoms with Crippen molar-refractivity contribution in [3.8, 4) is 17.4 Å². The molecule has 0 amide bonds. The molecule has 164 valence electrons. The Hall–Kier alpha value is -3.79. The van der Waals surface area contributed by atoms with E-state index in [2.05, 4.69) is 14.7 Å². The summed E-state index contributed by atoms with van der Waals surface area (Å²) in [6.45, 7) is 1.75. The molecular weight excluding hydrogens is 438 g/mol. The van der Waals surface area contributed by atoms with Gasteiger partial charge in [-0.2, -0.15) is 4.98 Å². The number of aryl methyl sites for hydroxylation is 1. The van der Waals surface area contributed by atoms with Crippen molar-refractivity contribution in [1.29, 1.82) is 0 Å². The minimum atomic E-state index is -3.96. The molecule has 2 heterocycles. The molecule has 0 bridgehead atoms. The quantitative estimate of drug-likeness (QED) is 0.440. The van der Waals surface area contributed by atoms with Crippen LogP contribution < -0.4 is 9.46 Å². The smallest absolute Gasteiger partial charge is 0.237 e. The standard InChI is InChI=1S/C22H18F2N4O3S/c1-15-25-21(28-10-2-3-11-28)13-22(26-15)31-19-7-5-18(6-8-19)27-32(29,30)14-16-12-17(23)4-9-20(16)24/h2-13,27H,14H2,1H3. The summed E-state index contributed by atoms with van der Waals surface area (Å²) in [5.41, 5.74) is -0.00357. The van der Waals surface area contributed by atoms with E-state index in [0.29, 0.717) is 23.3 Å². The lowest BCUT2D eigenvalue weighted by atomic mass is 10.2. The van der Waals surface area contributed by atoms with Gasteiger partial charge in [0.2, 0.25) is 15.9 Å². The Kier molecular flexibility index (Phi) is 5.87. The first-order valence-electron chi connectivity index (χ1n) is 9.49. The monoisotopic (exact) mass is 456 g/mol. The van der Waals surface area contributed by atoms with E-state index in [4.69, 9.17) is 4.74 Å². The zero-order valence-electron chi connectivity index (χ0n) is 16.9. The molecule has 0 aliphatic rings. The number of nitrogens with zero attached hydrogens (tertiary/aromatic N) is 3. The van der Waals surface area contributed by atoms with Crippen LogP contribution in [0.15, 0.2) is 73.1 Å². The van der Waals surface area contributed by atoms with Crippen molar-refractivity contribution in [3.63, 3.8) is 0 Å². The van der Waals surface area contributed by atoms with Crippen LogP contribution in [0.5, 0.6) is 11.6 Å². The fraction of sp³-hybridized carbons (Fsp3) is 0.0909. The number of aromatic nitrogens is 3. The summed E-state index contributed by atoms with van der Waals surface area (Å²) in [5, 5.41) is 0. The Morgan fingerprint density at radius 3 is 2.44 bits per heavy atom. The molecule has 7 nitrogen and oxygen atoms in total. The first-order valence-corrected chi connectivity index (χ1v) is 11.1. The molecule has 0 radical (unpaired) electrons. The van der Waals surface area contributed by atoms with Gasteiger partial charge in [-0.1, -0.05) is 0 Å². The van der Waals surface area contributed by atoms with Crippen LogP contribution >= 0.6 is 0 Å². The average Bonchev–Trinajstić information content (AvgIpc) is 3.26. The first kappa shape index (κ1) is 21.4. The maximum absolute atomic E-state index is 13.8. The minimum absolute atomic E-state index is 0.251. The van der Waals surface area contributed by atoms with Gasteiger partial charge in [0.25, 0.3) is 0 Å². The summed E-state index contributed by atoms with van der Waals surface area (Å²) in [4.78, 5) is 8.62. The predicted octanol–water partition coefficient (Wildman–Crippen LogP) is 4.59. The number of rotatable bonds is 7. The topological polar surface area (TPSA) is 86.1 Å². The van der Waals surface area contributed by atoms with Crippen LogP contribution in [-0.2, 0) is 15.8 Å². The second kappa shape index (κ2) is 8.75. The maximum atomic E-state index is 13.8. The third-order valence-corrected chi connectivity index (χ3v) is 5.61. The van der Waals surface area contributed by atoms with Gasteiger partial charge in [0.1, 0.15) is 29.0 Å². The van der Waals surface area contributed by atoms with Crippen LogP contribution in [0.3, 0.4) is 0 Å². The van der Waals surface area contributed by atoms with E-state index >= 15 is 0 Å². The van der Waals surface area contributed by atoms with Crippen molar-refractivity contribution < 1.29 is 21.9 Å². The predicted molar refractivity (Wildman–Crippen MR) is 115 cm³/mol. The van der Waals surface area contributed by atoms with Gasteiger partial charge >= 0.3 is 0 Å².